The second-order valence-electron chi connectivity index (χ2n) is 9.08. The first kappa shape index (κ1) is 26.5. The third kappa shape index (κ3) is 6.62. The molecule has 0 unspecified atom stereocenters. The number of benzene rings is 2. The van der Waals surface area contributed by atoms with Crippen LogP contribution in [0.1, 0.15) is 19.8 Å². The minimum absolute atomic E-state index is 0.0248. The van der Waals surface area contributed by atoms with Gasteiger partial charge in [0.1, 0.15) is 18.0 Å². The number of para-hydroxylation sites is 1. The van der Waals surface area contributed by atoms with Crippen LogP contribution in [0.2, 0.25) is 0 Å². The number of nitrogens with one attached hydrogen (secondary N) is 1. The largest absolute Gasteiger partial charge is 0.573 e. The maximum absolute atomic E-state index is 13.2. The molecule has 0 bridgehead atoms. The van der Waals surface area contributed by atoms with Crippen molar-refractivity contribution in [2.75, 3.05) is 24.2 Å². The molecular weight excluding hydrogens is 511 g/mol. The Balaban J connectivity index is 1.48. The van der Waals surface area contributed by atoms with E-state index >= 15 is 0 Å². The number of alkyl halides is 3. The molecule has 1 aliphatic heterocycles. The number of carbonyl (C=O) groups is 2. The second-order valence-corrected chi connectivity index (χ2v) is 11.0. The molecule has 1 aliphatic rings. The number of fused-ring (bicyclic) bond motifs is 1. The van der Waals surface area contributed by atoms with Gasteiger partial charge in [-0.2, -0.15) is 0 Å². The lowest BCUT2D eigenvalue weighted by molar-refractivity contribution is -0.274. The molecule has 3 aromatic rings. The van der Waals surface area contributed by atoms with Crippen molar-refractivity contribution in [2.45, 2.75) is 37.6 Å². The van der Waals surface area contributed by atoms with E-state index in [1.165, 1.54) is 18.3 Å². The van der Waals surface area contributed by atoms with E-state index in [2.05, 4.69) is 17.0 Å². The van der Waals surface area contributed by atoms with Gasteiger partial charge in [-0.25, -0.2) is 8.42 Å². The minimum Gasteiger partial charge on any atom is -0.406 e. The van der Waals surface area contributed by atoms with Crippen LogP contribution in [0.4, 0.5) is 18.9 Å². The van der Waals surface area contributed by atoms with Crippen molar-refractivity contribution in [1.29, 1.82) is 0 Å². The van der Waals surface area contributed by atoms with Crippen LogP contribution in [-0.4, -0.2) is 54.9 Å². The summed E-state index contributed by atoms with van der Waals surface area (Å²) in [5.74, 6) is -1.77. The zero-order chi connectivity index (χ0) is 26.8. The number of anilines is 1. The highest BCUT2D eigenvalue weighted by Crippen LogP contribution is 2.28. The van der Waals surface area contributed by atoms with Crippen molar-refractivity contribution in [1.82, 2.24) is 9.47 Å². The van der Waals surface area contributed by atoms with E-state index in [4.69, 9.17) is 0 Å². The maximum atomic E-state index is 13.2. The Morgan fingerprint density at radius 3 is 2.35 bits per heavy atom. The summed E-state index contributed by atoms with van der Waals surface area (Å²) in [5.41, 5.74) is 0.666. The number of sulfone groups is 1. The van der Waals surface area contributed by atoms with Crippen LogP contribution < -0.4 is 10.1 Å². The summed E-state index contributed by atoms with van der Waals surface area (Å²) in [6.45, 7) is 3.44. The highest BCUT2D eigenvalue weighted by atomic mass is 32.2. The molecule has 0 atom stereocenters. The Kier molecular flexibility index (Phi) is 7.49. The van der Waals surface area contributed by atoms with E-state index < -0.39 is 33.6 Å². The van der Waals surface area contributed by atoms with Crippen molar-refractivity contribution in [3.8, 4) is 5.75 Å². The lowest BCUT2D eigenvalue weighted by Crippen LogP contribution is -2.39. The van der Waals surface area contributed by atoms with E-state index in [9.17, 15) is 31.2 Å². The predicted octanol–water partition coefficient (Wildman–Crippen LogP) is 4.21. The number of nitrogens with zero attached hydrogens (tertiary/aromatic N) is 2. The molecule has 12 heteroatoms. The molecule has 8 nitrogen and oxygen atoms in total. The first-order valence-electron chi connectivity index (χ1n) is 11.7. The summed E-state index contributed by atoms with van der Waals surface area (Å²) in [6, 6.07) is 11.1. The fraction of sp³-hybridized carbons (Fsp3) is 0.360. The Hall–Kier alpha value is -3.54. The molecular formula is C25H26F3N3O5S. The van der Waals surface area contributed by atoms with Crippen LogP contribution in [0, 0.1) is 5.92 Å². The normalized spacial score (nSPS) is 15.1. The standard InChI is InChI=1S/C25H26F3N3O5S/c1-17-10-12-30(13-11-17)24(33)15-31-14-22(20-4-2-3-5-21(20)31)37(34,35)16-23(32)29-18-6-8-19(9-7-18)36-25(26,27)28/h2-9,14,17H,10-13,15-16H2,1H3,(H,29,32). The van der Waals surface area contributed by atoms with Crippen LogP contribution in [0.3, 0.4) is 0 Å². The summed E-state index contributed by atoms with van der Waals surface area (Å²) in [6.07, 6.45) is -1.63. The molecule has 1 aromatic heterocycles. The highest BCUT2D eigenvalue weighted by Gasteiger charge is 2.31. The Bertz CT molecular complexity index is 1390. The first-order valence-corrected chi connectivity index (χ1v) is 13.3. The second kappa shape index (κ2) is 10.4. The van der Waals surface area contributed by atoms with Gasteiger partial charge in [0.15, 0.2) is 9.84 Å². The third-order valence-electron chi connectivity index (χ3n) is 6.22. The average Bonchev–Trinajstić information content (AvgIpc) is 3.19. The Morgan fingerprint density at radius 2 is 1.70 bits per heavy atom. The molecule has 1 saturated heterocycles. The minimum atomic E-state index is -4.85. The maximum Gasteiger partial charge on any atom is 0.573 e. The molecule has 2 amide bonds. The molecule has 0 saturated carbocycles. The van der Waals surface area contributed by atoms with Crippen molar-refractivity contribution in [2.24, 2.45) is 5.92 Å². The number of halogens is 3. The first-order chi connectivity index (χ1) is 17.4. The molecule has 2 heterocycles. The quantitative estimate of drug-likeness (QED) is 0.487. The zero-order valence-corrected chi connectivity index (χ0v) is 20.8. The van der Waals surface area contributed by atoms with Crippen LogP contribution in [-0.2, 0) is 26.0 Å². The van der Waals surface area contributed by atoms with Gasteiger partial charge in [-0.1, -0.05) is 25.1 Å². The number of hydrogen-bond donors (Lipinski definition) is 1. The molecule has 198 valence electrons. The van der Waals surface area contributed by atoms with Crippen molar-refractivity contribution in [3.05, 3.63) is 54.7 Å². The van der Waals surface area contributed by atoms with Crippen molar-refractivity contribution < 1.29 is 35.9 Å². The number of rotatable bonds is 7. The summed E-state index contributed by atoms with van der Waals surface area (Å²) in [5, 5.41) is 2.76. The molecule has 1 N–H and O–H groups in total. The number of hydrogen-bond acceptors (Lipinski definition) is 5. The Morgan fingerprint density at radius 1 is 1.05 bits per heavy atom. The molecule has 37 heavy (non-hydrogen) atoms. The summed E-state index contributed by atoms with van der Waals surface area (Å²) >= 11 is 0. The van der Waals surface area contributed by atoms with Gasteiger partial charge in [0.05, 0.1) is 4.90 Å². The van der Waals surface area contributed by atoms with Crippen LogP contribution in [0.25, 0.3) is 10.9 Å². The zero-order valence-electron chi connectivity index (χ0n) is 20.0. The highest BCUT2D eigenvalue weighted by molar-refractivity contribution is 7.92. The van der Waals surface area contributed by atoms with Crippen LogP contribution in [0.15, 0.2) is 59.6 Å². The van der Waals surface area contributed by atoms with E-state index in [-0.39, 0.29) is 23.0 Å². The van der Waals surface area contributed by atoms with E-state index in [1.807, 2.05) is 0 Å². The van der Waals surface area contributed by atoms with E-state index in [0.717, 1.165) is 25.0 Å². The van der Waals surface area contributed by atoms with Crippen molar-refractivity contribution >= 4 is 38.2 Å². The van der Waals surface area contributed by atoms with Gasteiger partial charge in [-0.15, -0.1) is 13.2 Å². The average molecular weight is 538 g/mol. The fourth-order valence-electron chi connectivity index (χ4n) is 4.28. The van der Waals surface area contributed by atoms with Gasteiger partial charge in [-0.3, -0.25) is 9.59 Å². The van der Waals surface area contributed by atoms with Gasteiger partial charge < -0.3 is 19.5 Å². The number of aromatic nitrogens is 1. The number of ether oxygens (including phenoxy) is 1. The molecule has 4 rings (SSSR count). The molecule has 0 aliphatic carbocycles. The van der Waals surface area contributed by atoms with Crippen molar-refractivity contribution in [3.63, 3.8) is 0 Å². The number of piperidine rings is 1. The Labute approximate surface area is 211 Å². The molecule has 0 spiro atoms. The van der Waals surface area contributed by atoms with E-state index in [1.54, 1.807) is 33.7 Å². The van der Waals surface area contributed by atoms with Gasteiger partial charge in [0, 0.05) is 35.9 Å². The topological polar surface area (TPSA) is 97.7 Å². The summed E-state index contributed by atoms with van der Waals surface area (Å²) < 4.78 is 68.6. The fourth-order valence-corrected chi connectivity index (χ4v) is 5.65. The third-order valence-corrected chi connectivity index (χ3v) is 7.86. The SMILES string of the molecule is CC1CCN(C(=O)Cn2cc(S(=O)(=O)CC(=O)Nc3ccc(OC(F)(F)F)cc3)c3ccccc32)CC1. The number of carbonyl (C=O) groups excluding carboxylic acids is 2. The van der Waals surface area contributed by atoms with Gasteiger partial charge >= 0.3 is 6.36 Å². The van der Waals surface area contributed by atoms with Gasteiger partial charge in [0.2, 0.25) is 11.8 Å². The predicted molar refractivity (Wildman–Crippen MR) is 131 cm³/mol. The molecule has 1 fully saturated rings. The monoisotopic (exact) mass is 537 g/mol. The number of amides is 2. The van der Waals surface area contributed by atoms with E-state index in [0.29, 0.717) is 29.9 Å². The summed E-state index contributed by atoms with van der Waals surface area (Å²) in [7, 11) is -4.12. The van der Waals surface area contributed by atoms with Crippen LogP contribution >= 0.6 is 0 Å². The summed E-state index contributed by atoms with van der Waals surface area (Å²) in [4.78, 5) is 27.1. The smallest absolute Gasteiger partial charge is 0.406 e. The van der Waals surface area contributed by atoms with Crippen LogP contribution in [0.5, 0.6) is 5.75 Å². The lowest BCUT2D eigenvalue weighted by Gasteiger charge is -2.30. The molecule has 2 aromatic carbocycles. The van der Waals surface area contributed by atoms with Gasteiger partial charge in [0.25, 0.3) is 0 Å². The molecule has 0 radical (unpaired) electrons. The number of likely N-dealkylation sites (tertiary alicyclic amines) is 1. The lowest BCUT2D eigenvalue weighted by atomic mass is 9.99. The van der Waals surface area contributed by atoms with Gasteiger partial charge in [-0.05, 0) is 49.1 Å².